The van der Waals surface area contributed by atoms with Crippen molar-refractivity contribution in [2.24, 2.45) is 0 Å². The van der Waals surface area contributed by atoms with Gasteiger partial charge in [0.05, 0.1) is 0 Å². The lowest BCUT2D eigenvalue weighted by Crippen LogP contribution is -2.15. The van der Waals surface area contributed by atoms with Crippen LogP contribution >= 0.6 is 0 Å². The van der Waals surface area contributed by atoms with Gasteiger partial charge >= 0.3 is 0 Å². The number of hydrogen-bond acceptors (Lipinski definition) is 13. The molecule has 0 saturated carbocycles. The van der Waals surface area contributed by atoms with Gasteiger partial charge < -0.3 is 21.3 Å². The zero-order valence-electron chi connectivity index (χ0n) is 35.0. The van der Waals surface area contributed by atoms with Crippen LogP contribution in [0.2, 0.25) is 0 Å². The molecule has 0 spiro atoms. The first-order valence-electron chi connectivity index (χ1n) is 19.2. The maximum atomic E-state index is 13.2. The molecule has 68 heavy (non-hydrogen) atoms. The summed E-state index contributed by atoms with van der Waals surface area (Å²) in [6.45, 7) is 1.34. The molecule has 0 saturated heterocycles. The molecule has 20 nitrogen and oxygen atoms in total. The van der Waals surface area contributed by atoms with E-state index in [0.717, 1.165) is 42.5 Å². The van der Waals surface area contributed by atoms with Gasteiger partial charge in [0.25, 0.3) is 58.2 Å². The van der Waals surface area contributed by atoms with Crippen LogP contribution in [-0.4, -0.2) is 82.4 Å². The highest BCUT2D eigenvalue weighted by Gasteiger charge is 2.26. The van der Waals surface area contributed by atoms with Crippen LogP contribution in [0, 0.1) is 0 Å². The monoisotopic (exact) mass is 1000 g/mol. The second-order valence-electron chi connectivity index (χ2n) is 14.5. The molecule has 352 valence electrons. The lowest BCUT2D eigenvalue weighted by atomic mass is 10.0. The normalized spacial score (nSPS) is 12.0. The van der Waals surface area contributed by atoms with Crippen molar-refractivity contribution in [3.63, 3.8) is 0 Å². The lowest BCUT2D eigenvalue weighted by Gasteiger charge is -2.15. The second kappa shape index (κ2) is 19.4. The number of benzene rings is 6. The number of carbonyl (C=O) groups excluding carboxylic acids is 4. The molecule has 0 aliphatic carbocycles. The molecule has 24 heteroatoms. The Morgan fingerprint density at radius 3 is 0.985 bits per heavy atom. The number of amides is 3. The maximum Gasteiger partial charge on any atom is 0.295 e. The maximum absolute atomic E-state index is 13.2. The van der Waals surface area contributed by atoms with E-state index in [2.05, 4.69) is 21.3 Å². The highest BCUT2D eigenvalue weighted by Crippen LogP contribution is 2.36. The fourth-order valence-corrected chi connectivity index (χ4v) is 9.40. The number of carbonyl (C=O) groups is 4. The van der Waals surface area contributed by atoms with Crippen LogP contribution in [0.3, 0.4) is 0 Å². The Labute approximate surface area is 388 Å². The molecule has 0 atom stereocenters. The Morgan fingerprint density at radius 1 is 0.397 bits per heavy atom. The third kappa shape index (κ3) is 11.9. The van der Waals surface area contributed by atoms with Gasteiger partial charge in [0.1, 0.15) is 19.6 Å². The van der Waals surface area contributed by atoms with Crippen LogP contribution in [0.4, 0.5) is 22.7 Å². The first-order valence-corrected chi connectivity index (χ1v) is 25.0. The van der Waals surface area contributed by atoms with E-state index in [-0.39, 0.29) is 50.7 Å². The minimum Gasteiger partial charge on any atom is -0.388 e. The van der Waals surface area contributed by atoms with Crippen molar-refractivity contribution in [2.45, 2.75) is 26.5 Å². The summed E-state index contributed by atoms with van der Waals surface area (Å²) in [6, 6.07) is 24.0. The predicted octanol–water partition coefficient (Wildman–Crippen LogP) is 6.51. The Hall–Kier alpha value is -7.42. The van der Waals surface area contributed by atoms with Gasteiger partial charge in [-0.3, -0.25) is 37.4 Å². The molecule has 6 aromatic rings. The summed E-state index contributed by atoms with van der Waals surface area (Å²) in [5.74, 6) is -2.59. The van der Waals surface area contributed by atoms with E-state index < -0.39 is 88.9 Å². The van der Waals surface area contributed by atoms with Crippen LogP contribution in [-0.2, 0) is 40.5 Å². The summed E-state index contributed by atoms with van der Waals surface area (Å²) >= 11 is 0. The summed E-state index contributed by atoms with van der Waals surface area (Å²) in [6.07, 6.45) is 2.36. The van der Waals surface area contributed by atoms with Gasteiger partial charge in [-0.15, -0.1) is 0 Å². The molecule has 0 radical (unpaired) electrons. The third-order valence-corrected chi connectivity index (χ3v) is 13.5. The first-order chi connectivity index (χ1) is 31.7. The van der Waals surface area contributed by atoms with Crippen molar-refractivity contribution in [2.75, 3.05) is 28.3 Å². The molecule has 0 aliphatic heterocycles. The van der Waals surface area contributed by atoms with Crippen molar-refractivity contribution < 1.29 is 71.1 Å². The summed E-state index contributed by atoms with van der Waals surface area (Å²) in [7, 11) is -18.4. The number of anilines is 4. The van der Waals surface area contributed by atoms with Gasteiger partial charge in [-0.05, 0) is 103 Å². The molecule has 0 fully saturated rings. The van der Waals surface area contributed by atoms with E-state index in [0.29, 0.717) is 11.3 Å². The smallest absolute Gasteiger partial charge is 0.295 e. The largest absolute Gasteiger partial charge is 0.388 e. The molecule has 6 rings (SSSR count). The predicted molar refractivity (Wildman–Crippen MR) is 249 cm³/mol. The van der Waals surface area contributed by atoms with E-state index in [4.69, 9.17) is 0 Å². The van der Waals surface area contributed by atoms with Crippen molar-refractivity contribution in [1.29, 1.82) is 0 Å². The van der Waals surface area contributed by atoms with Gasteiger partial charge in [0.15, 0.2) is 5.78 Å². The van der Waals surface area contributed by atoms with Crippen LogP contribution in [0.5, 0.6) is 0 Å². The number of ketones is 1. The summed E-state index contributed by atoms with van der Waals surface area (Å²) in [5.41, 5.74) is -0.727. The molecule has 6 aromatic carbocycles. The summed E-state index contributed by atoms with van der Waals surface area (Å²) in [5, 5.41) is 10.0. The quantitative estimate of drug-likeness (QED) is 0.0309. The molecule has 3 amide bonds. The highest BCUT2D eigenvalue weighted by atomic mass is 32.2. The van der Waals surface area contributed by atoms with Crippen molar-refractivity contribution in [3.05, 3.63) is 155 Å². The van der Waals surface area contributed by atoms with E-state index in [1.54, 1.807) is 0 Å². The van der Waals surface area contributed by atoms with Crippen LogP contribution in [0.25, 0.3) is 23.3 Å². The van der Waals surface area contributed by atoms with Gasteiger partial charge in [0, 0.05) is 63.2 Å². The van der Waals surface area contributed by atoms with Gasteiger partial charge in [0.2, 0.25) is 0 Å². The summed E-state index contributed by atoms with van der Waals surface area (Å²) < 4.78 is 139. The van der Waals surface area contributed by atoms with Crippen LogP contribution in [0.1, 0.15) is 59.5 Å². The number of Topliss-reactive ketones (excluding diaryl/α,β-unsaturated/α-hetero) is 1. The van der Waals surface area contributed by atoms with Crippen molar-refractivity contribution >= 4 is 98.9 Å². The van der Waals surface area contributed by atoms with E-state index in [1.807, 2.05) is 0 Å². The third-order valence-electron chi connectivity index (χ3n) is 9.86. The van der Waals surface area contributed by atoms with Crippen LogP contribution in [0.15, 0.2) is 141 Å². The second-order valence-corrected chi connectivity index (χ2v) is 20.0. The topological polar surface area (TPSA) is 334 Å². The van der Waals surface area contributed by atoms with Gasteiger partial charge in [-0.25, -0.2) is 0 Å². The summed E-state index contributed by atoms with van der Waals surface area (Å²) in [4.78, 5) is 48.0. The van der Waals surface area contributed by atoms with E-state index >= 15 is 0 Å². The molecule has 0 heterocycles. The van der Waals surface area contributed by atoms with E-state index in [9.17, 15) is 71.1 Å². The molecular formula is C44H36N4O16S4. The Kier molecular flexibility index (Phi) is 14.3. The zero-order valence-corrected chi connectivity index (χ0v) is 38.3. The molecule has 0 aliphatic rings. The lowest BCUT2D eigenvalue weighted by molar-refractivity contribution is 0.100. The average Bonchev–Trinajstić information content (AvgIpc) is 3.27. The first kappa shape index (κ1) is 50.0. The van der Waals surface area contributed by atoms with Gasteiger partial charge in [-0.1, -0.05) is 48.6 Å². The van der Waals surface area contributed by atoms with Gasteiger partial charge in [-0.2, -0.15) is 33.7 Å². The fraction of sp³-hybridized carbons (Fsp3) is 0.0455. The standard InChI is InChI=1S/C44H36N4O16S4/c1-25(49)26-3-7-29(8-4-26)42(50)47-34-17-19-36(40(23-34)67(59,60)61)37-20-18-35(24-41(37)68(62,63)64)48-44(52)31-11-9-30(10-12-31)43(51)46-33-16-14-28(39(22-33)66(56,57)58)6-5-27-13-15-32(45-2)21-38(27)65(53,54)55/h3-24,45H,1-2H3,(H,46,51)(H,47,50)(H,48,52)(H,53,54,55)(H,56,57,58)(H,59,60,61)(H,62,63,64). The Morgan fingerprint density at radius 2 is 0.676 bits per heavy atom. The van der Waals surface area contributed by atoms with E-state index in [1.165, 1.54) is 105 Å². The molecule has 0 unspecified atom stereocenters. The molecule has 8 N–H and O–H groups in total. The fourth-order valence-electron chi connectivity index (χ4n) is 6.51. The minimum atomic E-state index is -5.17. The molecule has 0 bridgehead atoms. The SMILES string of the molecule is CNc1ccc(C=Cc2ccc(NC(=O)c3ccc(C(=O)Nc4ccc(-c5ccc(NC(=O)c6ccc(C(C)=O)cc6)cc5S(=O)(=O)O)c(S(=O)(=O)O)c4)cc3)cc2S(=O)(=O)O)c(S(=O)(=O)O)c1. The number of nitrogens with one attached hydrogen (secondary N) is 4. The average molecular weight is 1010 g/mol. The van der Waals surface area contributed by atoms with Crippen molar-refractivity contribution in [1.82, 2.24) is 0 Å². The van der Waals surface area contributed by atoms with Crippen molar-refractivity contribution in [3.8, 4) is 11.1 Å². The Balaban J connectivity index is 1.19. The Bertz CT molecular complexity index is 3540. The van der Waals surface area contributed by atoms with Crippen LogP contribution < -0.4 is 21.3 Å². The number of rotatable bonds is 15. The zero-order chi connectivity index (χ0) is 49.9. The molecular weight excluding hydrogens is 969 g/mol. The number of hydrogen-bond donors (Lipinski definition) is 8. The molecule has 0 aromatic heterocycles. The minimum absolute atomic E-state index is 0.0136. The highest BCUT2D eigenvalue weighted by molar-refractivity contribution is 7.86.